The number of nitrogens with zero attached hydrogens (tertiary/aromatic N) is 1. The Balaban J connectivity index is 1.42. The van der Waals surface area contributed by atoms with Gasteiger partial charge >= 0.3 is 0 Å². The molecule has 1 saturated heterocycles. The average Bonchev–Trinajstić information content (AvgIpc) is 3.30. The van der Waals surface area contributed by atoms with Crippen LogP contribution in [0.15, 0.2) is 72.1 Å². The van der Waals surface area contributed by atoms with Crippen LogP contribution in [0, 0.1) is 0 Å². The molecule has 1 fully saturated rings. The van der Waals surface area contributed by atoms with Crippen LogP contribution in [0.4, 0.5) is 0 Å². The first kappa shape index (κ1) is 18.9. The predicted molar refractivity (Wildman–Crippen MR) is 114 cm³/mol. The normalized spacial score (nSPS) is 15.9. The van der Waals surface area contributed by atoms with Crippen LogP contribution >= 0.6 is 11.3 Å². The molecule has 2 aromatic carbocycles. The van der Waals surface area contributed by atoms with E-state index in [1.54, 1.807) is 11.3 Å². The molecule has 0 unspecified atom stereocenters. The molecule has 4 nitrogen and oxygen atoms in total. The van der Waals surface area contributed by atoms with Gasteiger partial charge in [-0.3, -0.25) is 9.69 Å². The van der Waals surface area contributed by atoms with Crippen LogP contribution in [-0.4, -0.2) is 43.7 Å². The maximum absolute atomic E-state index is 12.7. The zero-order valence-electron chi connectivity index (χ0n) is 15.7. The summed E-state index contributed by atoms with van der Waals surface area (Å²) in [5.41, 5.74) is 2.95. The lowest BCUT2D eigenvalue weighted by Crippen LogP contribution is -2.43. The molecule has 2 heterocycles. The van der Waals surface area contributed by atoms with Crippen LogP contribution in [0.3, 0.4) is 0 Å². The van der Waals surface area contributed by atoms with Gasteiger partial charge in [-0.25, -0.2) is 0 Å². The lowest BCUT2D eigenvalue weighted by atomic mass is 10.0. The molecule has 3 aromatic rings. The van der Waals surface area contributed by atoms with Crippen LogP contribution < -0.4 is 5.32 Å². The third-order valence-electron chi connectivity index (χ3n) is 5.07. The van der Waals surface area contributed by atoms with Crippen molar-refractivity contribution in [3.63, 3.8) is 0 Å². The molecule has 0 radical (unpaired) electrons. The van der Waals surface area contributed by atoms with Crippen molar-refractivity contribution < 1.29 is 9.53 Å². The Labute approximate surface area is 169 Å². The number of thiophene rings is 1. The molecule has 1 N–H and O–H groups in total. The zero-order chi connectivity index (χ0) is 19.2. The second kappa shape index (κ2) is 9.15. The van der Waals surface area contributed by atoms with Gasteiger partial charge in [0.1, 0.15) is 0 Å². The minimum atomic E-state index is -0.0329. The van der Waals surface area contributed by atoms with E-state index in [-0.39, 0.29) is 11.9 Å². The fourth-order valence-electron chi connectivity index (χ4n) is 3.52. The molecule has 1 aliphatic rings. The van der Waals surface area contributed by atoms with Gasteiger partial charge in [-0.2, -0.15) is 0 Å². The zero-order valence-corrected chi connectivity index (χ0v) is 16.5. The molecule has 0 spiro atoms. The van der Waals surface area contributed by atoms with Crippen LogP contribution in [0.1, 0.15) is 21.3 Å². The number of nitrogens with one attached hydrogen (secondary N) is 1. The monoisotopic (exact) mass is 392 g/mol. The van der Waals surface area contributed by atoms with Gasteiger partial charge in [0.05, 0.1) is 19.3 Å². The van der Waals surface area contributed by atoms with Crippen LogP contribution in [0.5, 0.6) is 0 Å². The number of carbonyl (C=O) groups is 1. The SMILES string of the molecule is O=C(NC[C@@H](c1cccs1)N1CCOCC1)c1ccc(-c2ccccc2)cc1. The Bertz CT molecular complexity index is 873. The van der Waals surface area contributed by atoms with Gasteiger partial charge < -0.3 is 10.1 Å². The highest BCUT2D eigenvalue weighted by Crippen LogP contribution is 2.25. The van der Waals surface area contributed by atoms with Gasteiger partial charge in [0.25, 0.3) is 5.91 Å². The Hall–Kier alpha value is -2.47. The second-order valence-corrected chi connectivity index (χ2v) is 7.81. The number of ether oxygens (including phenoxy) is 1. The molecule has 28 heavy (non-hydrogen) atoms. The maximum atomic E-state index is 12.7. The Morgan fingerprint density at radius 2 is 1.68 bits per heavy atom. The molecule has 0 bridgehead atoms. The highest BCUT2D eigenvalue weighted by Gasteiger charge is 2.24. The van der Waals surface area contributed by atoms with E-state index in [2.05, 4.69) is 39.9 Å². The summed E-state index contributed by atoms with van der Waals surface area (Å²) in [6, 6.07) is 22.4. The first-order chi connectivity index (χ1) is 13.8. The van der Waals surface area contributed by atoms with Gasteiger partial charge in [0.2, 0.25) is 0 Å². The van der Waals surface area contributed by atoms with Gasteiger partial charge in [-0.15, -0.1) is 11.3 Å². The Kier molecular flexibility index (Phi) is 6.17. The van der Waals surface area contributed by atoms with Crippen molar-refractivity contribution in [2.45, 2.75) is 6.04 Å². The fourth-order valence-corrected chi connectivity index (χ4v) is 4.38. The summed E-state index contributed by atoms with van der Waals surface area (Å²) < 4.78 is 5.48. The van der Waals surface area contributed by atoms with Crippen LogP contribution in [0.25, 0.3) is 11.1 Å². The summed E-state index contributed by atoms with van der Waals surface area (Å²) in [5.74, 6) is -0.0329. The van der Waals surface area contributed by atoms with E-state index < -0.39 is 0 Å². The van der Waals surface area contributed by atoms with E-state index in [9.17, 15) is 4.79 Å². The molecular formula is C23H24N2O2S. The number of hydrogen-bond acceptors (Lipinski definition) is 4. The quantitative estimate of drug-likeness (QED) is 0.683. The third-order valence-corrected chi connectivity index (χ3v) is 6.04. The number of hydrogen-bond donors (Lipinski definition) is 1. The van der Waals surface area contributed by atoms with Crippen molar-refractivity contribution >= 4 is 17.2 Å². The number of carbonyl (C=O) groups excluding carboxylic acids is 1. The molecule has 5 heteroatoms. The van der Waals surface area contributed by atoms with E-state index >= 15 is 0 Å². The Morgan fingerprint density at radius 1 is 0.964 bits per heavy atom. The molecule has 1 aromatic heterocycles. The smallest absolute Gasteiger partial charge is 0.251 e. The molecule has 0 aliphatic carbocycles. The summed E-state index contributed by atoms with van der Waals surface area (Å²) in [6.45, 7) is 3.88. The van der Waals surface area contributed by atoms with Crippen molar-refractivity contribution in [3.05, 3.63) is 82.6 Å². The van der Waals surface area contributed by atoms with Crippen molar-refractivity contribution in [3.8, 4) is 11.1 Å². The first-order valence-corrected chi connectivity index (χ1v) is 10.5. The fraction of sp³-hybridized carbons (Fsp3) is 0.261. The van der Waals surface area contributed by atoms with E-state index in [4.69, 9.17) is 4.74 Å². The van der Waals surface area contributed by atoms with Crippen molar-refractivity contribution in [1.29, 1.82) is 0 Å². The summed E-state index contributed by atoms with van der Waals surface area (Å²) in [7, 11) is 0. The van der Waals surface area contributed by atoms with Gasteiger partial charge in [-0.1, -0.05) is 48.5 Å². The standard InChI is InChI=1S/C23H24N2O2S/c26-23(20-10-8-19(9-11-20)18-5-2-1-3-6-18)24-17-21(22-7-4-16-28-22)25-12-14-27-15-13-25/h1-11,16,21H,12-15,17H2,(H,24,26)/t21-/m0/s1. The maximum Gasteiger partial charge on any atom is 0.251 e. The molecule has 1 aliphatic heterocycles. The average molecular weight is 393 g/mol. The number of morpholine rings is 1. The van der Waals surface area contributed by atoms with Crippen LogP contribution in [0.2, 0.25) is 0 Å². The summed E-state index contributed by atoms with van der Waals surface area (Å²) >= 11 is 1.74. The van der Waals surface area contributed by atoms with Crippen molar-refractivity contribution in [2.24, 2.45) is 0 Å². The van der Waals surface area contributed by atoms with E-state index in [0.29, 0.717) is 12.1 Å². The molecule has 4 rings (SSSR count). The van der Waals surface area contributed by atoms with Crippen molar-refractivity contribution in [2.75, 3.05) is 32.8 Å². The lowest BCUT2D eigenvalue weighted by molar-refractivity contribution is 0.0169. The highest BCUT2D eigenvalue weighted by molar-refractivity contribution is 7.10. The minimum Gasteiger partial charge on any atom is -0.379 e. The summed E-state index contributed by atoms with van der Waals surface area (Å²) in [4.78, 5) is 16.4. The summed E-state index contributed by atoms with van der Waals surface area (Å²) in [6.07, 6.45) is 0. The van der Waals surface area contributed by atoms with Crippen LogP contribution in [-0.2, 0) is 4.74 Å². The van der Waals surface area contributed by atoms with E-state index in [0.717, 1.165) is 37.4 Å². The Morgan fingerprint density at radius 3 is 2.36 bits per heavy atom. The second-order valence-electron chi connectivity index (χ2n) is 6.83. The van der Waals surface area contributed by atoms with E-state index in [1.165, 1.54) is 4.88 Å². The number of amides is 1. The summed E-state index contributed by atoms with van der Waals surface area (Å²) in [5, 5.41) is 5.22. The predicted octanol–water partition coefficient (Wildman–Crippen LogP) is 4.22. The van der Waals surface area contributed by atoms with E-state index in [1.807, 2.05) is 42.5 Å². The van der Waals surface area contributed by atoms with Gasteiger partial charge in [0.15, 0.2) is 0 Å². The molecule has 1 amide bonds. The lowest BCUT2D eigenvalue weighted by Gasteiger charge is -2.34. The first-order valence-electron chi connectivity index (χ1n) is 9.60. The molecule has 1 atom stereocenters. The van der Waals surface area contributed by atoms with Gasteiger partial charge in [0, 0.05) is 30.1 Å². The highest BCUT2D eigenvalue weighted by atomic mass is 32.1. The molecule has 144 valence electrons. The minimum absolute atomic E-state index is 0.0329. The molecule has 0 saturated carbocycles. The number of rotatable bonds is 6. The number of benzene rings is 2. The van der Waals surface area contributed by atoms with Gasteiger partial charge in [-0.05, 0) is 34.7 Å². The molecular weight excluding hydrogens is 368 g/mol. The topological polar surface area (TPSA) is 41.6 Å². The third kappa shape index (κ3) is 4.50. The largest absolute Gasteiger partial charge is 0.379 e. The van der Waals surface area contributed by atoms with Crippen molar-refractivity contribution in [1.82, 2.24) is 10.2 Å².